The fourth-order valence-corrected chi connectivity index (χ4v) is 2.70. The number of hydrogen-bond acceptors (Lipinski definition) is 6. The molecule has 8 N–H and O–H groups in total. The minimum atomic E-state index is -1.13. The number of carboxylic acid groups (broad SMARTS) is 1. The predicted molar refractivity (Wildman–Crippen MR) is 114 cm³/mol. The van der Waals surface area contributed by atoms with Gasteiger partial charge in [-0.1, -0.05) is 27.7 Å². The summed E-state index contributed by atoms with van der Waals surface area (Å²) in [6.07, 6.45) is 1.91. The first-order chi connectivity index (χ1) is 13.9. The van der Waals surface area contributed by atoms with Crippen LogP contribution in [0.4, 0.5) is 0 Å². The Bertz CT molecular complexity index is 582. The lowest BCUT2D eigenvalue weighted by Crippen LogP contribution is -2.56. The molecule has 4 atom stereocenters. The molecule has 0 saturated heterocycles. The molecule has 0 saturated carbocycles. The fourth-order valence-electron chi connectivity index (χ4n) is 2.70. The van der Waals surface area contributed by atoms with Gasteiger partial charge in [-0.2, -0.15) is 0 Å². The summed E-state index contributed by atoms with van der Waals surface area (Å²) in [6.45, 7) is 9.22. The fraction of sp³-hybridized carbons (Fsp3) is 0.800. The van der Waals surface area contributed by atoms with Crippen molar-refractivity contribution in [2.45, 2.75) is 84.5 Å². The maximum absolute atomic E-state index is 12.7. The van der Waals surface area contributed by atoms with Crippen LogP contribution in [0.15, 0.2) is 0 Å². The maximum Gasteiger partial charge on any atom is 0.326 e. The molecule has 0 aliphatic rings. The minimum absolute atomic E-state index is 0.0728. The molecular weight excluding hydrogens is 390 g/mol. The summed E-state index contributed by atoms with van der Waals surface area (Å²) in [5.74, 6) is -2.75. The highest BCUT2D eigenvalue weighted by atomic mass is 16.4. The van der Waals surface area contributed by atoms with Gasteiger partial charge < -0.3 is 32.5 Å². The molecule has 3 amide bonds. The third-order valence-corrected chi connectivity index (χ3v) is 4.67. The highest BCUT2D eigenvalue weighted by molar-refractivity contribution is 5.93. The lowest BCUT2D eigenvalue weighted by molar-refractivity contribution is -0.142. The van der Waals surface area contributed by atoms with Crippen molar-refractivity contribution in [1.82, 2.24) is 16.0 Å². The average Bonchev–Trinajstić information content (AvgIpc) is 2.65. The number of carbonyl (C=O) groups excluding carboxylic acids is 3. The molecule has 0 aromatic heterocycles. The molecule has 0 spiro atoms. The van der Waals surface area contributed by atoms with Crippen LogP contribution in [0.3, 0.4) is 0 Å². The molecule has 0 aliphatic carbocycles. The zero-order valence-corrected chi connectivity index (χ0v) is 18.7. The van der Waals surface area contributed by atoms with Crippen LogP contribution >= 0.6 is 0 Å². The van der Waals surface area contributed by atoms with Gasteiger partial charge in [0.25, 0.3) is 0 Å². The summed E-state index contributed by atoms with van der Waals surface area (Å²) in [7, 11) is 0. The SMILES string of the molecule is CC(C)CC(NC(=O)C(C)NC(=O)C(CCCCN)NC(=O)C(N)C(C)C)C(=O)O. The highest BCUT2D eigenvalue weighted by Gasteiger charge is 2.28. The van der Waals surface area contributed by atoms with Crippen molar-refractivity contribution in [3.05, 3.63) is 0 Å². The molecule has 4 unspecified atom stereocenters. The molecule has 30 heavy (non-hydrogen) atoms. The summed E-state index contributed by atoms with van der Waals surface area (Å²) in [6, 6.07) is -3.64. The molecule has 0 rings (SSSR count). The van der Waals surface area contributed by atoms with Crippen molar-refractivity contribution in [3.8, 4) is 0 Å². The van der Waals surface area contributed by atoms with E-state index in [0.29, 0.717) is 25.8 Å². The van der Waals surface area contributed by atoms with E-state index in [1.165, 1.54) is 6.92 Å². The van der Waals surface area contributed by atoms with E-state index >= 15 is 0 Å². The molecule has 0 heterocycles. The van der Waals surface area contributed by atoms with Crippen LogP contribution in [0.1, 0.15) is 60.3 Å². The summed E-state index contributed by atoms with van der Waals surface area (Å²) in [5.41, 5.74) is 11.3. The molecule has 10 nitrogen and oxygen atoms in total. The lowest BCUT2D eigenvalue weighted by Gasteiger charge is -2.24. The van der Waals surface area contributed by atoms with Gasteiger partial charge in [0.15, 0.2) is 0 Å². The maximum atomic E-state index is 12.7. The van der Waals surface area contributed by atoms with E-state index in [0.717, 1.165) is 0 Å². The van der Waals surface area contributed by atoms with E-state index in [-0.39, 0.29) is 18.3 Å². The second kappa shape index (κ2) is 13.9. The van der Waals surface area contributed by atoms with E-state index in [4.69, 9.17) is 11.5 Å². The zero-order valence-electron chi connectivity index (χ0n) is 18.7. The second-order valence-electron chi connectivity index (χ2n) is 8.37. The first-order valence-corrected chi connectivity index (χ1v) is 10.5. The van der Waals surface area contributed by atoms with Crippen LogP contribution in [0.25, 0.3) is 0 Å². The quantitative estimate of drug-likeness (QED) is 0.205. The molecule has 10 heteroatoms. The number of aliphatic carboxylic acids is 1. The van der Waals surface area contributed by atoms with Gasteiger partial charge in [-0.05, 0) is 51.0 Å². The predicted octanol–water partition coefficient (Wildman–Crippen LogP) is -0.296. The molecule has 0 radical (unpaired) electrons. The number of amides is 3. The summed E-state index contributed by atoms with van der Waals surface area (Å²) in [5, 5.41) is 16.9. The molecule has 0 bridgehead atoms. The van der Waals surface area contributed by atoms with E-state index in [9.17, 15) is 24.3 Å². The van der Waals surface area contributed by atoms with Crippen LogP contribution < -0.4 is 27.4 Å². The summed E-state index contributed by atoms with van der Waals surface area (Å²) in [4.78, 5) is 48.7. The van der Waals surface area contributed by atoms with Crippen molar-refractivity contribution < 1.29 is 24.3 Å². The molecule has 0 aromatic carbocycles. The Balaban J connectivity index is 5.06. The number of carboxylic acids is 1. The zero-order chi connectivity index (χ0) is 23.4. The number of carbonyl (C=O) groups is 4. The molecule has 0 aliphatic heterocycles. The normalized spacial score (nSPS) is 15.2. The molecule has 0 aromatic rings. The molecule has 0 fully saturated rings. The summed E-state index contributed by atoms with van der Waals surface area (Å²) >= 11 is 0. The van der Waals surface area contributed by atoms with E-state index in [1.807, 2.05) is 13.8 Å². The van der Waals surface area contributed by atoms with Crippen molar-refractivity contribution in [3.63, 3.8) is 0 Å². The smallest absolute Gasteiger partial charge is 0.326 e. The van der Waals surface area contributed by atoms with Crippen LogP contribution in [-0.2, 0) is 19.2 Å². The molecular formula is C20H39N5O5. The number of unbranched alkanes of at least 4 members (excludes halogenated alkanes) is 1. The Hall–Kier alpha value is -2.20. The standard InChI is InChI=1S/C20H39N5O5/c1-11(2)10-15(20(29)30)25-17(26)13(5)23-18(27)14(8-6-7-9-21)24-19(28)16(22)12(3)4/h11-16H,6-10,21-22H2,1-5H3,(H,23,27)(H,24,28)(H,25,26)(H,29,30). The van der Waals surface area contributed by atoms with E-state index in [1.54, 1.807) is 13.8 Å². The minimum Gasteiger partial charge on any atom is -0.480 e. The van der Waals surface area contributed by atoms with Crippen LogP contribution in [0, 0.1) is 11.8 Å². The Morgan fingerprint density at radius 1 is 0.833 bits per heavy atom. The van der Waals surface area contributed by atoms with Crippen molar-refractivity contribution >= 4 is 23.7 Å². The van der Waals surface area contributed by atoms with Gasteiger partial charge in [-0.3, -0.25) is 14.4 Å². The first-order valence-electron chi connectivity index (χ1n) is 10.5. The van der Waals surface area contributed by atoms with E-state index < -0.39 is 47.9 Å². The second-order valence-corrected chi connectivity index (χ2v) is 8.37. The van der Waals surface area contributed by atoms with Crippen molar-refractivity contribution in [2.24, 2.45) is 23.3 Å². The Morgan fingerprint density at radius 3 is 1.87 bits per heavy atom. The van der Waals surface area contributed by atoms with Gasteiger partial charge in [-0.15, -0.1) is 0 Å². The number of nitrogens with one attached hydrogen (secondary N) is 3. The first kappa shape index (κ1) is 27.8. The topological polar surface area (TPSA) is 177 Å². The number of nitrogens with two attached hydrogens (primary N) is 2. The average molecular weight is 430 g/mol. The Morgan fingerprint density at radius 2 is 1.40 bits per heavy atom. The van der Waals surface area contributed by atoms with E-state index in [2.05, 4.69) is 16.0 Å². The number of rotatable bonds is 14. The Labute approximate surface area is 178 Å². The lowest BCUT2D eigenvalue weighted by atomic mass is 10.0. The largest absolute Gasteiger partial charge is 0.480 e. The van der Waals surface area contributed by atoms with Crippen LogP contribution in [0.2, 0.25) is 0 Å². The van der Waals surface area contributed by atoms with Crippen molar-refractivity contribution in [2.75, 3.05) is 6.54 Å². The van der Waals surface area contributed by atoms with Crippen LogP contribution in [0.5, 0.6) is 0 Å². The number of hydrogen-bond donors (Lipinski definition) is 6. The van der Waals surface area contributed by atoms with Gasteiger partial charge in [0.1, 0.15) is 18.1 Å². The Kier molecular flexibility index (Phi) is 12.9. The van der Waals surface area contributed by atoms with Gasteiger partial charge in [-0.25, -0.2) is 4.79 Å². The van der Waals surface area contributed by atoms with Crippen LogP contribution in [-0.4, -0.2) is 59.5 Å². The molecule has 174 valence electrons. The van der Waals surface area contributed by atoms with Crippen molar-refractivity contribution in [1.29, 1.82) is 0 Å². The van der Waals surface area contributed by atoms with Gasteiger partial charge in [0.2, 0.25) is 17.7 Å². The third kappa shape index (κ3) is 10.5. The third-order valence-electron chi connectivity index (χ3n) is 4.67. The highest BCUT2D eigenvalue weighted by Crippen LogP contribution is 2.07. The van der Waals surface area contributed by atoms with Gasteiger partial charge in [0, 0.05) is 0 Å². The monoisotopic (exact) mass is 429 g/mol. The van der Waals surface area contributed by atoms with Gasteiger partial charge in [0.05, 0.1) is 6.04 Å². The summed E-state index contributed by atoms with van der Waals surface area (Å²) < 4.78 is 0. The van der Waals surface area contributed by atoms with Gasteiger partial charge >= 0.3 is 5.97 Å².